The summed E-state index contributed by atoms with van der Waals surface area (Å²) in [6.45, 7) is 3.01. The van der Waals surface area contributed by atoms with Crippen LogP contribution in [0.1, 0.15) is 17.3 Å². The molecule has 0 unspecified atom stereocenters. The molecular weight excluding hydrogens is 330 g/mol. The van der Waals surface area contributed by atoms with Crippen molar-refractivity contribution in [3.63, 3.8) is 0 Å². The molecule has 130 valence electrons. The lowest BCUT2D eigenvalue weighted by Gasteiger charge is -2.16. The number of para-hydroxylation sites is 1. The molecule has 8 heteroatoms. The van der Waals surface area contributed by atoms with Crippen LogP contribution in [0.2, 0.25) is 0 Å². The van der Waals surface area contributed by atoms with Gasteiger partial charge in [-0.25, -0.2) is 13.1 Å². The van der Waals surface area contributed by atoms with E-state index in [9.17, 15) is 18.3 Å². The molecule has 0 bridgehead atoms. The number of nitrogens with one attached hydrogen (secondary N) is 1. The zero-order valence-corrected chi connectivity index (χ0v) is 14.5. The third-order valence-electron chi connectivity index (χ3n) is 4.30. The summed E-state index contributed by atoms with van der Waals surface area (Å²) in [5.74, 6) is -0.199. The fourth-order valence-electron chi connectivity index (χ4n) is 3.19. The minimum Gasteiger partial charge on any atom is -0.390 e. The van der Waals surface area contributed by atoms with Crippen LogP contribution in [-0.4, -0.2) is 60.4 Å². The van der Waals surface area contributed by atoms with E-state index in [2.05, 4.69) is 4.72 Å². The van der Waals surface area contributed by atoms with Crippen molar-refractivity contribution < 1.29 is 18.3 Å². The first-order valence-electron chi connectivity index (χ1n) is 7.82. The first kappa shape index (κ1) is 16.9. The van der Waals surface area contributed by atoms with E-state index in [1.807, 2.05) is 42.0 Å². The maximum atomic E-state index is 12.9. The molecule has 1 aliphatic rings. The lowest BCUT2D eigenvalue weighted by atomic mass is 10.1. The number of β-amino-alcohol motifs (C(OH)–C–C–N with tert-alkyl or cyclic N) is 1. The van der Waals surface area contributed by atoms with Gasteiger partial charge in [0, 0.05) is 36.7 Å². The lowest BCUT2D eigenvalue weighted by Crippen LogP contribution is -2.42. The van der Waals surface area contributed by atoms with E-state index >= 15 is 0 Å². The fraction of sp³-hybridized carbons (Fsp3) is 0.438. The Balaban J connectivity index is 1.88. The number of aliphatic hydroxyl groups excluding tert-OH is 1. The number of carbonyl (C=O) groups excluding carboxylic acids is 1. The number of rotatable bonds is 4. The van der Waals surface area contributed by atoms with Gasteiger partial charge in [0.2, 0.25) is 10.0 Å². The Morgan fingerprint density at radius 2 is 2.04 bits per heavy atom. The molecule has 0 radical (unpaired) electrons. The Bertz CT molecular complexity index is 875. The summed E-state index contributed by atoms with van der Waals surface area (Å²) in [5, 5.41) is 10.9. The number of fused-ring (bicyclic) bond motifs is 1. The highest BCUT2D eigenvalue weighted by atomic mass is 32.2. The van der Waals surface area contributed by atoms with Crippen molar-refractivity contribution in [2.75, 3.05) is 19.3 Å². The van der Waals surface area contributed by atoms with Crippen LogP contribution in [0.3, 0.4) is 0 Å². The smallest absolute Gasteiger partial charge is 0.256 e. The number of aliphatic hydroxyl groups is 1. The van der Waals surface area contributed by atoms with Crippen molar-refractivity contribution in [1.29, 1.82) is 0 Å². The molecule has 1 aromatic heterocycles. The van der Waals surface area contributed by atoms with Gasteiger partial charge >= 0.3 is 0 Å². The number of aryl methyl sites for hydroxylation is 1. The summed E-state index contributed by atoms with van der Waals surface area (Å²) in [6.07, 6.45) is 1.94. The van der Waals surface area contributed by atoms with Gasteiger partial charge < -0.3 is 14.6 Å². The number of sulfonamides is 1. The van der Waals surface area contributed by atoms with Crippen molar-refractivity contribution in [3.8, 4) is 0 Å². The summed E-state index contributed by atoms with van der Waals surface area (Å²) in [6, 6.07) is 6.99. The van der Waals surface area contributed by atoms with Gasteiger partial charge in [0.05, 0.1) is 24.0 Å². The molecule has 24 heavy (non-hydrogen) atoms. The van der Waals surface area contributed by atoms with Crippen LogP contribution in [0.4, 0.5) is 0 Å². The average molecular weight is 351 g/mol. The van der Waals surface area contributed by atoms with Crippen LogP contribution in [0, 0.1) is 0 Å². The van der Waals surface area contributed by atoms with Crippen molar-refractivity contribution in [3.05, 3.63) is 36.0 Å². The zero-order valence-electron chi connectivity index (χ0n) is 13.6. The second-order valence-corrected chi connectivity index (χ2v) is 7.90. The largest absolute Gasteiger partial charge is 0.390 e. The van der Waals surface area contributed by atoms with E-state index in [1.165, 1.54) is 4.90 Å². The van der Waals surface area contributed by atoms with Crippen LogP contribution < -0.4 is 4.72 Å². The second kappa shape index (κ2) is 6.19. The van der Waals surface area contributed by atoms with Gasteiger partial charge in [-0.2, -0.15) is 0 Å². The van der Waals surface area contributed by atoms with E-state index in [-0.39, 0.29) is 19.0 Å². The summed E-state index contributed by atoms with van der Waals surface area (Å²) in [5.41, 5.74) is 1.55. The molecule has 2 atom stereocenters. The molecule has 0 saturated carbocycles. The SMILES string of the molecule is CCn1cc(C(=O)N2C[C@@H](O)[C@H](NS(C)(=O)=O)C2)c2ccccc21. The Kier molecular flexibility index (Phi) is 4.37. The molecule has 2 N–H and O–H groups in total. The van der Waals surface area contributed by atoms with Gasteiger partial charge in [-0.15, -0.1) is 0 Å². The van der Waals surface area contributed by atoms with Gasteiger partial charge in [-0.3, -0.25) is 4.79 Å². The lowest BCUT2D eigenvalue weighted by molar-refractivity contribution is 0.0766. The third-order valence-corrected chi connectivity index (χ3v) is 5.03. The standard InChI is InChI=1S/C16H21N3O4S/c1-3-18-8-12(11-6-4-5-7-14(11)18)16(21)19-9-13(15(20)10-19)17-24(2,22)23/h4-8,13,15,17,20H,3,9-10H2,1-2H3/t13-,15-/m1/s1. The normalized spacial score (nSPS) is 21.5. The Morgan fingerprint density at radius 1 is 1.33 bits per heavy atom. The first-order valence-corrected chi connectivity index (χ1v) is 9.72. The summed E-state index contributed by atoms with van der Waals surface area (Å²) < 4.78 is 27.1. The molecule has 3 rings (SSSR count). The number of aromatic nitrogens is 1. The zero-order chi connectivity index (χ0) is 17.5. The third kappa shape index (κ3) is 3.17. The molecule has 0 spiro atoms. The maximum Gasteiger partial charge on any atom is 0.256 e. The number of benzene rings is 1. The number of likely N-dealkylation sites (tertiary alicyclic amines) is 1. The quantitative estimate of drug-likeness (QED) is 0.834. The number of carbonyl (C=O) groups is 1. The predicted octanol–water partition coefficient (Wildman–Crippen LogP) is 0.396. The number of nitrogens with zero attached hydrogens (tertiary/aromatic N) is 2. The highest BCUT2D eigenvalue weighted by molar-refractivity contribution is 7.88. The van der Waals surface area contributed by atoms with Gasteiger partial charge in [0.1, 0.15) is 0 Å². The van der Waals surface area contributed by atoms with Gasteiger partial charge in [0.25, 0.3) is 5.91 Å². The van der Waals surface area contributed by atoms with Crippen LogP contribution in [0.25, 0.3) is 10.9 Å². The van der Waals surface area contributed by atoms with E-state index in [0.717, 1.165) is 23.7 Å². The van der Waals surface area contributed by atoms with Crippen molar-refractivity contribution >= 4 is 26.8 Å². The van der Waals surface area contributed by atoms with Gasteiger partial charge in [-0.1, -0.05) is 18.2 Å². The van der Waals surface area contributed by atoms with Gasteiger partial charge in [0.15, 0.2) is 0 Å². The van der Waals surface area contributed by atoms with Crippen molar-refractivity contribution in [2.24, 2.45) is 0 Å². The number of amides is 1. The molecule has 1 aliphatic heterocycles. The van der Waals surface area contributed by atoms with Crippen LogP contribution in [0.15, 0.2) is 30.5 Å². The summed E-state index contributed by atoms with van der Waals surface area (Å²) in [7, 11) is -3.44. The van der Waals surface area contributed by atoms with Crippen molar-refractivity contribution in [1.82, 2.24) is 14.2 Å². The minimum absolute atomic E-state index is 0.109. The van der Waals surface area contributed by atoms with Crippen molar-refractivity contribution in [2.45, 2.75) is 25.6 Å². The van der Waals surface area contributed by atoms with Crippen LogP contribution >= 0.6 is 0 Å². The molecule has 0 aliphatic carbocycles. The van der Waals surface area contributed by atoms with E-state index < -0.39 is 22.2 Å². The minimum atomic E-state index is -3.44. The molecule has 1 amide bonds. The molecule has 2 heterocycles. The predicted molar refractivity (Wildman–Crippen MR) is 91.3 cm³/mol. The molecule has 1 aromatic carbocycles. The van der Waals surface area contributed by atoms with Crippen LogP contribution in [0.5, 0.6) is 0 Å². The number of hydrogen-bond acceptors (Lipinski definition) is 4. The van der Waals surface area contributed by atoms with Crippen LogP contribution in [-0.2, 0) is 16.6 Å². The molecular formula is C16H21N3O4S. The first-order chi connectivity index (χ1) is 11.3. The summed E-state index contributed by atoms with van der Waals surface area (Å²) in [4.78, 5) is 14.4. The highest BCUT2D eigenvalue weighted by Crippen LogP contribution is 2.24. The van der Waals surface area contributed by atoms with E-state index in [4.69, 9.17) is 0 Å². The average Bonchev–Trinajstić information content (AvgIpc) is 3.06. The molecule has 2 aromatic rings. The summed E-state index contributed by atoms with van der Waals surface area (Å²) >= 11 is 0. The molecule has 1 fully saturated rings. The number of hydrogen-bond donors (Lipinski definition) is 2. The Labute approximate surface area is 140 Å². The Morgan fingerprint density at radius 3 is 2.71 bits per heavy atom. The fourth-order valence-corrected chi connectivity index (χ4v) is 3.97. The monoisotopic (exact) mass is 351 g/mol. The van der Waals surface area contributed by atoms with Gasteiger partial charge in [-0.05, 0) is 13.0 Å². The topological polar surface area (TPSA) is 91.6 Å². The molecule has 7 nitrogen and oxygen atoms in total. The second-order valence-electron chi connectivity index (χ2n) is 6.12. The Hall–Kier alpha value is -1.90. The molecule has 1 saturated heterocycles. The highest BCUT2D eigenvalue weighted by Gasteiger charge is 2.36. The maximum absolute atomic E-state index is 12.9. The van der Waals surface area contributed by atoms with E-state index in [1.54, 1.807) is 0 Å². The van der Waals surface area contributed by atoms with E-state index in [0.29, 0.717) is 5.56 Å².